The van der Waals surface area contributed by atoms with Crippen LogP contribution in [-0.4, -0.2) is 25.9 Å². The summed E-state index contributed by atoms with van der Waals surface area (Å²) < 4.78 is 28.5. The molecule has 23 heavy (non-hydrogen) atoms. The van der Waals surface area contributed by atoms with E-state index in [2.05, 4.69) is 22.1 Å². The lowest BCUT2D eigenvalue weighted by molar-refractivity contribution is -0.115. The number of amides is 1. The van der Waals surface area contributed by atoms with Crippen molar-refractivity contribution < 1.29 is 13.6 Å². The van der Waals surface area contributed by atoms with E-state index >= 15 is 0 Å². The van der Waals surface area contributed by atoms with Gasteiger partial charge in [0.1, 0.15) is 17.5 Å². The van der Waals surface area contributed by atoms with Gasteiger partial charge in [-0.2, -0.15) is 0 Å². The summed E-state index contributed by atoms with van der Waals surface area (Å²) in [4.78, 5) is 12.2. The quantitative estimate of drug-likeness (QED) is 0.649. The molecule has 2 rings (SSSR count). The molecule has 0 saturated heterocycles. The Balaban J connectivity index is 2.08. The number of benzene rings is 1. The molecule has 2 aromatic rings. The van der Waals surface area contributed by atoms with E-state index in [1.807, 2.05) is 4.57 Å². The molecular weight excluding hydrogens is 322 g/mol. The largest absolute Gasteiger partial charge is 0.323 e. The van der Waals surface area contributed by atoms with Gasteiger partial charge in [-0.3, -0.25) is 4.79 Å². The summed E-state index contributed by atoms with van der Waals surface area (Å²) in [5, 5.41) is 10.3. The lowest BCUT2D eigenvalue weighted by Crippen LogP contribution is -2.23. The molecule has 0 aliphatic heterocycles. The standard InChI is InChI=1S/C15H16F2N4OS/c1-4-7-21-10(3)19-20-15(21)23-9(2)14(22)18-13-8-11(16)5-6-12(13)17/h4-6,8-9H,1,7H2,2-3H3,(H,18,22)/t9-/m0/s1. The molecule has 122 valence electrons. The molecule has 0 saturated carbocycles. The van der Waals surface area contributed by atoms with Crippen LogP contribution in [0.5, 0.6) is 0 Å². The first kappa shape index (κ1) is 17.1. The van der Waals surface area contributed by atoms with Gasteiger partial charge in [-0.15, -0.1) is 16.8 Å². The Labute approximate surface area is 136 Å². The van der Waals surface area contributed by atoms with E-state index in [4.69, 9.17) is 0 Å². The van der Waals surface area contributed by atoms with Crippen LogP contribution in [0.4, 0.5) is 14.5 Å². The van der Waals surface area contributed by atoms with Crippen molar-refractivity contribution in [3.8, 4) is 0 Å². The first-order valence-corrected chi connectivity index (χ1v) is 7.73. The number of thioether (sulfide) groups is 1. The van der Waals surface area contributed by atoms with Gasteiger partial charge in [0.2, 0.25) is 5.91 Å². The van der Waals surface area contributed by atoms with Crippen LogP contribution in [0, 0.1) is 18.6 Å². The second kappa shape index (κ2) is 7.36. The highest BCUT2D eigenvalue weighted by Crippen LogP contribution is 2.24. The Morgan fingerprint density at radius 1 is 1.48 bits per heavy atom. The minimum absolute atomic E-state index is 0.189. The maximum Gasteiger partial charge on any atom is 0.237 e. The number of carbonyl (C=O) groups excluding carboxylic acids is 1. The molecule has 0 aliphatic rings. The fourth-order valence-corrected chi connectivity index (χ4v) is 2.73. The molecule has 1 amide bonds. The van der Waals surface area contributed by atoms with Gasteiger partial charge in [0.15, 0.2) is 5.16 Å². The fraction of sp³-hybridized carbons (Fsp3) is 0.267. The number of allylic oxidation sites excluding steroid dienone is 1. The number of anilines is 1. The van der Waals surface area contributed by atoms with Crippen molar-refractivity contribution in [1.29, 1.82) is 0 Å². The Morgan fingerprint density at radius 3 is 2.91 bits per heavy atom. The summed E-state index contributed by atoms with van der Waals surface area (Å²) in [5.41, 5.74) is -0.189. The predicted octanol–water partition coefficient (Wildman–Crippen LogP) is 3.17. The highest BCUT2D eigenvalue weighted by atomic mass is 32.2. The number of rotatable bonds is 6. The third-order valence-electron chi connectivity index (χ3n) is 3.05. The number of aromatic nitrogens is 3. The average Bonchev–Trinajstić information content (AvgIpc) is 2.84. The number of halogens is 2. The summed E-state index contributed by atoms with van der Waals surface area (Å²) in [7, 11) is 0. The molecular formula is C15H16F2N4OS. The van der Waals surface area contributed by atoms with Crippen LogP contribution in [0.3, 0.4) is 0 Å². The van der Waals surface area contributed by atoms with E-state index in [0.717, 1.165) is 18.2 Å². The normalized spacial score (nSPS) is 12.0. The van der Waals surface area contributed by atoms with Crippen molar-refractivity contribution in [3.63, 3.8) is 0 Å². The molecule has 1 heterocycles. The number of nitrogens with zero attached hydrogens (tertiary/aromatic N) is 3. The molecule has 1 aromatic carbocycles. The summed E-state index contributed by atoms with van der Waals surface area (Å²) in [6.07, 6.45) is 1.70. The Hall–Kier alpha value is -2.22. The van der Waals surface area contributed by atoms with Crippen LogP contribution in [0.1, 0.15) is 12.7 Å². The SMILES string of the molecule is C=CCn1c(C)nnc1S[C@@H](C)C(=O)Nc1cc(F)ccc1F. The zero-order chi connectivity index (χ0) is 17.0. The summed E-state index contributed by atoms with van der Waals surface area (Å²) in [6.45, 7) is 7.64. The van der Waals surface area contributed by atoms with Gasteiger partial charge in [-0.25, -0.2) is 8.78 Å². The van der Waals surface area contributed by atoms with Gasteiger partial charge < -0.3 is 9.88 Å². The second-order valence-electron chi connectivity index (χ2n) is 4.80. The van der Waals surface area contributed by atoms with E-state index in [-0.39, 0.29) is 5.69 Å². The molecule has 0 aliphatic carbocycles. The van der Waals surface area contributed by atoms with E-state index in [0.29, 0.717) is 17.5 Å². The molecule has 1 aromatic heterocycles. The highest BCUT2D eigenvalue weighted by molar-refractivity contribution is 8.00. The Morgan fingerprint density at radius 2 is 2.22 bits per heavy atom. The van der Waals surface area contributed by atoms with Crippen molar-refractivity contribution in [2.24, 2.45) is 0 Å². The van der Waals surface area contributed by atoms with Crippen molar-refractivity contribution in [3.05, 3.63) is 48.3 Å². The van der Waals surface area contributed by atoms with Crippen molar-refractivity contribution in [2.45, 2.75) is 30.8 Å². The molecule has 1 atom stereocenters. The number of aryl methyl sites for hydroxylation is 1. The molecule has 0 radical (unpaired) electrons. The fourth-order valence-electron chi connectivity index (χ4n) is 1.83. The van der Waals surface area contributed by atoms with Gasteiger partial charge in [0, 0.05) is 12.6 Å². The van der Waals surface area contributed by atoms with Crippen LogP contribution < -0.4 is 5.32 Å². The maximum atomic E-state index is 13.6. The summed E-state index contributed by atoms with van der Waals surface area (Å²) in [5.74, 6) is -1.06. The first-order valence-electron chi connectivity index (χ1n) is 6.85. The lowest BCUT2D eigenvalue weighted by Gasteiger charge is -2.13. The Kier molecular flexibility index (Phi) is 5.49. The van der Waals surface area contributed by atoms with Gasteiger partial charge >= 0.3 is 0 Å². The van der Waals surface area contributed by atoms with Crippen LogP contribution in [-0.2, 0) is 11.3 Å². The highest BCUT2D eigenvalue weighted by Gasteiger charge is 2.20. The zero-order valence-corrected chi connectivity index (χ0v) is 13.5. The minimum atomic E-state index is -0.692. The monoisotopic (exact) mass is 338 g/mol. The topological polar surface area (TPSA) is 59.8 Å². The van der Waals surface area contributed by atoms with E-state index in [1.54, 1.807) is 19.9 Å². The van der Waals surface area contributed by atoms with E-state index < -0.39 is 22.8 Å². The van der Waals surface area contributed by atoms with Crippen LogP contribution in [0.2, 0.25) is 0 Å². The molecule has 0 unspecified atom stereocenters. The minimum Gasteiger partial charge on any atom is -0.323 e. The smallest absolute Gasteiger partial charge is 0.237 e. The predicted molar refractivity (Wildman–Crippen MR) is 85.3 cm³/mol. The van der Waals surface area contributed by atoms with E-state index in [9.17, 15) is 13.6 Å². The number of hydrogen-bond donors (Lipinski definition) is 1. The van der Waals surface area contributed by atoms with Gasteiger partial charge in [-0.1, -0.05) is 17.8 Å². The molecule has 0 bridgehead atoms. The number of carbonyl (C=O) groups is 1. The van der Waals surface area contributed by atoms with Crippen molar-refractivity contribution in [1.82, 2.24) is 14.8 Å². The second-order valence-corrected chi connectivity index (χ2v) is 6.11. The van der Waals surface area contributed by atoms with Gasteiger partial charge in [-0.05, 0) is 26.0 Å². The third-order valence-corrected chi connectivity index (χ3v) is 4.13. The van der Waals surface area contributed by atoms with Crippen molar-refractivity contribution >= 4 is 23.4 Å². The van der Waals surface area contributed by atoms with Crippen LogP contribution in [0.25, 0.3) is 0 Å². The Bertz CT molecular complexity index is 732. The lowest BCUT2D eigenvalue weighted by atomic mass is 10.3. The van der Waals surface area contributed by atoms with Crippen LogP contribution >= 0.6 is 11.8 Å². The average molecular weight is 338 g/mol. The molecule has 1 N–H and O–H groups in total. The van der Waals surface area contributed by atoms with Crippen LogP contribution in [0.15, 0.2) is 36.0 Å². The molecule has 0 spiro atoms. The summed E-state index contributed by atoms with van der Waals surface area (Å²) >= 11 is 1.18. The van der Waals surface area contributed by atoms with E-state index in [1.165, 1.54) is 11.8 Å². The maximum absolute atomic E-state index is 13.6. The number of hydrogen-bond acceptors (Lipinski definition) is 4. The first-order chi connectivity index (χ1) is 10.9. The molecule has 5 nitrogen and oxygen atoms in total. The zero-order valence-electron chi connectivity index (χ0n) is 12.7. The molecule has 0 fully saturated rings. The van der Waals surface area contributed by atoms with Crippen molar-refractivity contribution in [2.75, 3.05) is 5.32 Å². The summed E-state index contributed by atoms with van der Waals surface area (Å²) in [6, 6.07) is 2.89. The van der Waals surface area contributed by atoms with Gasteiger partial charge in [0.05, 0.1) is 10.9 Å². The molecule has 8 heteroatoms. The third kappa shape index (κ3) is 4.16. The van der Waals surface area contributed by atoms with Gasteiger partial charge in [0.25, 0.3) is 0 Å². The number of nitrogens with one attached hydrogen (secondary N) is 1.